The van der Waals surface area contributed by atoms with Crippen LogP contribution in [0.25, 0.3) is 0 Å². The fraction of sp³-hybridized carbons (Fsp3) is 0.381. The number of benzene rings is 2. The first-order chi connectivity index (χ1) is 12.0. The van der Waals surface area contributed by atoms with E-state index in [2.05, 4.69) is 17.4 Å². The molecule has 1 fully saturated rings. The second-order valence-corrected chi connectivity index (χ2v) is 7.09. The molecule has 0 aliphatic carbocycles. The van der Waals surface area contributed by atoms with Crippen LogP contribution < -0.4 is 10.1 Å². The summed E-state index contributed by atoms with van der Waals surface area (Å²) in [5.74, 6) is 0.745. The van der Waals surface area contributed by atoms with Gasteiger partial charge in [0, 0.05) is 25.7 Å². The highest BCUT2D eigenvalue weighted by atomic mass is 16.5. The highest BCUT2D eigenvalue weighted by Gasteiger charge is 2.36. The van der Waals surface area contributed by atoms with Crippen molar-refractivity contribution in [2.24, 2.45) is 0 Å². The Kier molecular flexibility index (Phi) is 5.09. The summed E-state index contributed by atoms with van der Waals surface area (Å²) >= 11 is 0. The summed E-state index contributed by atoms with van der Waals surface area (Å²) in [6, 6.07) is 18.2. The van der Waals surface area contributed by atoms with E-state index in [9.17, 15) is 4.79 Å². The molecule has 1 unspecified atom stereocenters. The zero-order valence-electron chi connectivity index (χ0n) is 15.2. The number of hydrogen-bond acceptors (Lipinski definition) is 3. The molecule has 0 aromatic heterocycles. The maximum absolute atomic E-state index is 13.0. The third kappa shape index (κ3) is 4.20. The lowest BCUT2D eigenvalue weighted by atomic mass is 10.0. The van der Waals surface area contributed by atoms with Crippen molar-refractivity contribution < 1.29 is 9.53 Å². The molecule has 0 spiro atoms. The molecule has 0 bridgehead atoms. The molecule has 2 aromatic carbocycles. The standard InChI is InChI=1S/C21H26N2O2/c1-16-9-11-18(12-10-16)25-21(2,3)20(24)23-14-13-22-19(15-23)17-7-5-4-6-8-17/h4-12,19,22H,13-15H2,1-3H3. The van der Waals surface area contributed by atoms with Crippen molar-refractivity contribution in [3.8, 4) is 5.75 Å². The van der Waals surface area contributed by atoms with Crippen molar-refractivity contribution in [3.63, 3.8) is 0 Å². The Balaban J connectivity index is 1.69. The molecule has 1 amide bonds. The van der Waals surface area contributed by atoms with E-state index in [4.69, 9.17) is 4.74 Å². The van der Waals surface area contributed by atoms with Crippen molar-refractivity contribution in [3.05, 3.63) is 65.7 Å². The van der Waals surface area contributed by atoms with E-state index in [0.29, 0.717) is 13.1 Å². The molecule has 1 aliphatic heterocycles. The van der Waals surface area contributed by atoms with Crippen LogP contribution in [-0.2, 0) is 4.79 Å². The summed E-state index contributed by atoms with van der Waals surface area (Å²) in [6.07, 6.45) is 0. The molecule has 0 saturated carbocycles. The summed E-state index contributed by atoms with van der Waals surface area (Å²) < 4.78 is 6.00. The molecule has 1 N–H and O–H groups in total. The molecule has 25 heavy (non-hydrogen) atoms. The number of piperazine rings is 1. The monoisotopic (exact) mass is 338 g/mol. The highest BCUT2D eigenvalue weighted by Crippen LogP contribution is 2.23. The van der Waals surface area contributed by atoms with Gasteiger partial charge in [0.2, 0.25) is 0 Å². The molecule has 132 valence electrons. The van der Waals surface area contributed by atoms with Gasteiger partial charge in [-0.1, -0.05) is 48.0 Å². The van der Waals surface area contributed by atoms with E-state index in [1.807, 2.05) is 68.1 Å². The van der Waals surface area contributed by atoms with Gasteiger partial charge < -0.3 is 15.0 Å². The van der Waals surface area contributed by atoms with Crippen LogP contribution in [0.4, 0.5) is 0 Å². The second-order valence-electron chi connectivity index (χ2n) is 7.09. The van der Waals surface area contributed by atoms with Crippen molar-refractivity contribution in [1.29, 1.82) is 0 Å². The lowest BCUT2D eigenvalue weighted by molar-refractivity contribution is -0.146. The number of nitrogens with one attached hydrogen (secondary N) is 1. The third-order valence-corrected chi connectivity index (χ3v) is 4.57. The maximum atomic E-state index is 13.0. The summed E-state index contributed by atoms with van der Waals surface area (Å²) in [4.78, 5) is 14.9. The van der Waals surface area contributed by atoms with E-state index < -0.39 is 5.60 Å². The van der Waals surface area contributed by atoms with Gasteiger partial charge in [-0.05, 0) is 38.5 Å². The van der Waals surface area contributed by atoms with Gasteiger partial charge in [0.1, 0.15) is 5.75 Å². The first-order valence-electron chi connectivity index (χ1n) is 8.79. The molecule has 4 nitrogen and oxygen atoms in total. The van der Waals surface area contributed by atoms with Gasteiger partial charge in [0.25, 0.3) is 5.91 Å². The molecule has 0 radical (unpaired) electrons. The minimum atomic E-state index is -0.895. The Hall–Kier alpha value is -2.33. The molecule has 1 saturated heterocycles. The molecular formula is C21H26N2O2. The highest BCUT2D eigenvalue weighted by molar-refractivity contribution is 5.85. The van der Waals surface area contributed by atoms with Gasteiger partial charge in [-0.15, -0.1) is 0 Å². The number of carbonyl (C=O) groups is 1. The zero-order valence-corrected chi connectivity index (χ0v) is 15.2. The Morgan fingerprint density at radius 3 is 2.48 bits per heavy atom. The number of rotatable bonds is 4. The van der Waals surface area contributed by atoms with E-state index in [0.717, 1.165) is 12.3 Å². The Morgan fingerprint density at radius 1 is 1.12 bits per heavy atom. The normalized spacial score (nSPS) is 18.0. The van der Waals surface area contributed by atoms with Crippen molar-refractivity contribution in [2.75, 3.05) is 19.6 Å². The van der Waals surface area contributed by atoms with Crippen LogP contribution in [0.2, 0.25) is 0 Å². The minimum Gasteiger partial charge on any atom is -0.478 e. The van der Waals surface area contributed by atoms with Crippen LogP contribution in [0, 0.1) is 6.92 Å². The Labute approximate surface area is 149 Å². The molecule has 4 heteroatoms. The fourth-order valence-corrected chi connectivity index (χ4v) is 3.17. The molecule has 1 atom stereocenters. The number of aryl methyl sites for hydroxylation is 1. The fourth-order valence-electron chi connectivity index (χ4n) is 3.17. The summed E-state index contributed by atoms with van der Waals surface area (Å²) in [6.45, 7) is 7.85. The number of amides is 1. The lowest BCUT2D eigenvalue weighted by Crippen LogP contribution is -2.55. The number of nitrogens with zero attached hydrogens (tertiary/aromatic N) is 1. The Morgan fingerprint density at radius 2 is 1.80 bits per heavy atom. The third-order valence-electron chi connectivity index (χ3n) is 4.57. The topological polar surface area (TPSA) is 41.6 Å². The van der Waals surface area contributed by atoms with Gasteiger partial charge in [0.05, 0.1) is 0 Å². The van der Waals surface area contributed by atoms with Crippen LogP contribution >= 0.6 is 0 Å². The summed E-state index contributed by atoms with van der Waals surface area (Å²) in [5.41, 5.74) is 1.48. The smallest absolute Gasteiger partial charge is 0.266 e. The van der Waals surface area contributed by atoms with Crippen LogP contribution in [0.3, 0.4) is 0 Å². The number of hydrogen-bond donors (Lipinski definition) is 1. The van der Waals surface area contributed by atoms with E-state index in [1.54, 1.807) is 0 Å². The van der Waals surface area contributed by atoms with Crippen LogP contribution in [0.1, 0.15) is 31.0 Å². The predicted molar refractivity (Wildman–Crippen MR) is 99.7 cm³/mol. The number of ether oxygens (including phenoxy) is 1. The SMILES string of the molecule is Cc1ccc(OC(C)(C)C(=O)N2CCNC(c3ccccc3)C2)cc1. The minimum absolute atomic E-state index is 0.0236. The second kappa shape index (κ2) is 7.28. The largest absolute Gasteiger partial charge is 0.478 e. The molecule has 3 rings (SSSR count). The van der Waals surface area contributed by atoms with E-state index in [1.165, 1.54) is 11.1 Å². The van der Waals surface area contributed by atoms with Crippen molar-refractivity contribution in [2.45, 2.75) is 32.4 Å². The van der Waals surface area contributed by atoms with Crippen LogP contribution in [0.15, 0.2) is 54.6 Å². The van der Waals surface area contributed by atoms with E-state index in [-0.39, 0.29) is 11.9 Å². The average Bonchev–Trinajstić information content (AvgIpc) is 2.64. The zero-order chi connectivity index (χ0) is 17.9. The molecule has 2 aromatic rings. The molecule has 1 aliphatic rings. The van der Waals surface area contributed by atoms with Gasteiger partial charge in [-0.25, -0.2) is 0 Å². The van der Waals surface area contributed by atoms with Crippen molar-refractivity contribution >= 4 is 5.91 Å². The Bertz CT molecular complexity index is 710. The first kappa shape index (κ1) is 17.5. The maximum Gasteiger partial charge on any atom is 0.266 e. The van der Waals surface area contributed by atoms with Gasteiger partial charge in [-0.2, -0.15) is 0 Å². The predicted octanol–water partition coefficient (Wildman–Crippen LogP) is 3.33. The van der Waals surface area contributed by atoms with Gasteiger partial charge >= 0.3 is 0 Å². The summed E-state index contributed by atoms with van der Waals surface area (Å²) in [7, 11) is 0. The number of carbonyl (C=O) groups excluding carboxylic acids is 1. The quantitative estimate of drug-likeness (QED) is 0.930. The van der Waals surface area contributed by atoms with Crippen molar-refractivity contribution in [1.82, 2.24) is 10.2 Å². The molecular weight excluding hydrogens is 312 g/mol. The van der Waals surface area contributed by atoms with Gasteiger partial charge in [0.15, 0.2) is 5.60 Å². The average molecular weight is 338 g/mol. The first-order valence-corrected chi connectivity index (χ1v) is 8.79. The summed E-state index contributed by atoms with van der Waals surface area (Å²) in [5, 5.41) is 3.49. The van der Waals surface area contributed by atoms with Gasteiger partial charge in [-0.3, -0.25) is 4.79 Å². The van der Waals surface area contributed by atoms with E-state index >= 15 is 0 Å². The van der Waals surface area contributed by atoms with Crippen LogP contribution in [0.5, 0.6) is 5.75 Å². The van der Waals surface area contributed by atoms with Crippen LogP contribution in [-0.4, -0.2) is 36.0 Å². The lowest BCUT2D eigenvalue weighted by Gasteiger charge is -2.38. The molecule has 1 heterocycles.